The van der Waals surface area contributed by atoms with Gasteiger partial charge < -0.3 is 20.4 Å². The fourth-order valence-electron chi connectivity index (χ4n) is 6.01. The number of unbranched alkanes of at least 4 members (excludes halogenated alkanes) is 4. The van der Waals surface area contributed by atoms with Gasteiger partial charge in [-0.15, -0.1) is 0 Å². The highest BCUT2D eigenvalue weighted by molar-refractivity contribution is 5.91. The summed E-state index contributed by atoms with van der Waals surface area (Å²) >= 11 is 0. The number of piperidine rings is 1. The fourth-order valence-corrected chi connectivity index (χ4v) is 6.01. The highest BCUT2D eigenvalue weighted by atomic mass is 16.5. The zero-order valence-corrected chi connectivity index (χ0v) is 25.5. The van der Waals surface area contributed by atoms with Crippen molar-refractivity contribution in [1.82, 2.24) is 25.2 Å². The molecule has 0 aliphatic carbocycles. The summed E-state index contributed by atoms with van der Waals surface area (Å²) in [4.78, 5) is 26.5. The van der Waals surface area contributed by atoms with Crippen LogP contribution in [0.15, 0.2) is 67.0 Å². The molecule has 0 radical (unpaired) electrons. The number of fused-ring (bicyclic) bond motifs is 1. The lowest BCUT2D eigenvalue weighted by molar-refractivity contribution is -0.140. The molecule has 2 aromatic heterocycles. The van der Waals surface area contributed by atoms with E-state index in [9.17, 15) is 4.79 Å². The molecule has 0 amide bonds. The number of aromatic amines is 1. The second kappa shape index (κ2) is 16.2. The maximum Gasteiger partial charge on any atom is 0.305 e. The van der Waals surface area contributed by atoms with E-state index in [2.05, 4.69) is 85.1 Å². The van der Waals surface area contributed by atoms with Crippen LogP contribution in [-0.2, 0) is 22.5 Å². The van der Waals surface area contributed by atoms with Crippen molar-refractivity contribution in [3.8, 4) is 11.3 Å². The third-order valence-electron chi connectivity index (χ3n) is 8.50. The minimum Gasteiger partial charge on any atom is -0.469 e. The first-order valence-electron chi connectivity index (χ1n) is 15.9. The summed E-state index contributed by atoms with van der Waals surface area (Å²) < 4.78 is 4.75. The third-order valence-corrected chi connectivity index (χ3v) is 8.50. The molecule has 1 fully saturated rings. The van der Waals surface area contributed by atoms with Gasteiger partial charge in [0.05, 0.1) is 12.5 Å². The summed E-state index contributed by atoms with van der Waals surface area (Å²) in [5.41, 5.74) is 5.70. The van der Waals surface area contributed by atoms with E-state index < -0.39 is 0 Å². The second-order valence-electron chi connectivity index (χ2n) is 11.6. The molecule has 2 aromatic carbocycles. The van der Waals surface area contributed by atoms with Crippen LogP contribution < -0.4 is 10.6 Å². The molecule has 5 rings (SSSR count). The Morgan fingerprint density at radius 3 is 2.51 bits per heavy atom. The first kappa shape index (κ1) is 30.7. The smallest absolute Gasteiger partial charge is 0.305 e. The molecule has 0 atom stereocenters. The van der Waals surface area contributed by atoms with E-state index >= 15 is 0 Å². The first-order valence-corrected chi connectivity index (χ1v) is 15.9. The number of aromatic nitrogens is 3. The van der Waals surface area contributed by atoms with Gasteiger partial charge in [0.2, 0.25) is 0 Å². The molecule has 8 nitrogen and oxygen atoms in total. The molecule has 0 saturated carbocycles. The molecule has 0 spiro atoms. The topological polar surface area (TPSA) is 95.2 Å². The highest BCUT2D eigenvalue weighted by Crippen LogP contribution is 2.27. The first-order chi connectivity index (χ1) is 21.2. The standard InChI is InChI=1S/C35H46N6O2/c1-43-33(42)12-8-3-2-4-9-23-41(30-18-20-36-21-19-30)25-28-13-15-29(16-14-28)32-24-31-34(38-26-39-35(31)40-32)37-22-17-27-10-6-5-7-11-27/h5-7,10-11,13-16,24,26,30,36H,2-4,8-9,12,17-23,25H2,1H3,(H2,37,38,39,40). The van der Waals surface area contributed by atoms with Crippen molar-refractivity contribution >= 4 is 22.8 Å². The van der Waals surface area contributed by atoms with Crippen LogP contribution in [0.4, 0.5) is 5.82 Å². The average Bonchev–Trinajstić information content (AvgIpc) is 3.50. The van der Waals surface area contributed by atoms with E-state index in [-0.39, 0.29) is 5.97 Å². The highest BCUT2D eigenvalue weighted by Gasteiger charge is 2.21. The van der Waals surface area contributed by atoms with Gasteiger partial charge in [-0.2, -0.15) is 0 Å². The van der Waals surface area contributed by atoms with Crippen LogP contribution in [0.25, 0.3) is 22.3 Å². The number of benzene rings is 2. The van der Waals surface area contributed by atoms with Gasteiger partial charge in [-0.25, -0.2) is 9.97 Å². The van der Waals surface area contributed by atoms with E-state index in [1.165, 1.54) is 50.3 Å². The van der Waals surface area contributed by atoms with Crippen LogP contribution >= 0.6 is 0 Å². The quantitative estimate of drug-likeness (QED) is 0.105. The predicted octanol–water partition coefficient (Wildman–Crippen LogP) is 6.35. The number of esters is 1. The van der Waals surface area contributed by atoms with Gasteiger partial charge in [-0.3, -0.25) is 9.69 Å². The number of carbonyl (C=O) groups is 1. The molecule has 228 valence electrons. The Morgan fingerprint density at radius 2 is 1.72 bits per heavy atom. The van der Waals surface area contributed by atoms with Crippen LogP contribution in [0, 0.1) is 0 Å². The number of rotatable bonds is 16. The molecule has 0 bridgehead atoms. The molecule has 1 saturated heterocycles. The maximum absolute atomic E-state index is 11.3. The fraction of sp³-hybridized carbons (Fsp3) is 0.457. The van der Waals surface area contributed by atoms with Crippen LogP contribution in [0.5, 0.6) is 0 Å². The lowest BCUT2D eigenvalue weighted by Gasteiger charge is -2.35. The van der Waals surface area contributed by atoms with E-state index in [1.807, 2.05) is 6.07 Å². The number of hydrogen-bond donors (Lipinski definition) is 3. The SMILES string of the molecule is COC(=O)CCCCCCCN(Cc1ccc(-c2cc3c(NCCc4ccccc4)ncnc3[nH]2)cc1)C1CCNCC1. The Kier molecular flexibility index (Phi) is 11.6. The van der Waals surface area contributed by atoms with Crippen molar-refractivity contribution in [2.75, 3.05) is 38.6 Å². The maximum atomic E-state index is 11.3. The summed E-state index contributed by atoms with van der Waals surface area (Å²) in [6.45, 7) is 5.10. The van der Waals surface area contributed by atoms with Crippen molar-refractivity contribution in [3.63, 3.8) is 0 Å². The molecule has 4 aromatic rings. The zero-order chi connectivity index (χ0) is 29.7. The van der Waals surface area contributed by atoms with Gasteiger partial charge in [0.15, 0.2) is 0 Å². The number of carbonyl (C=O) groups excluding carboxylic acids is 1. The molecule has 3 N–H and O–H groups in total. The number of anilines is 1. The van der Waals surface area contributed by atoms with Gasteiger partial charge in [0.1, 0.15) is 17.8 Å². The van der Waals surface area contributed by atoms with Gasteiger partial charge in [-0.1, -0.05) is 73.9 Å². The Labute approximate surface area is 255 Å². The van der Waals surface area contributed by atoms with Gasteiger partial charge in [0.25, 0.3) is 0 Å². The summed E-state index contributed by atoms with van der Waals surface area (Å²) in [5, 5.41) is 8.03. The number of hydrogen-bond acceptors (Lipinski definition) is 7. The van der Waals surface area contributed by atoms with Crippen LogP contribution in [0.2, 0.25) is 0 Å². The lowest BCUT2D eigenvalue weighted by atomic mass is 10.0. The summed E-state index contributed by atoms with van der Waals surface area (Å²) in [6.07, 6.45) is 11.1. The van der Waals surface area contributed by atoms with E-state index in [0.29, 0.717) is 12.5 Å². The Bertz CT molecular complexity index is 1400. The molecular formula is C35H46N6O2. The summed E-state index contributed by atoms with van der Waals surface area (Å²) in [6, 6.07) is 22.3. The van der Waals surface area contributed by atoms with E-state index in [0.717, 1.165) is 80.1 Å². The monoisotopic (exact) mass is 582 g/mol. The lowest BCUT2D eigenvalue weighted by Crippen LogP contribution is -2.43. The molecule has 0 unspecified atom stereocenters. The number of nitrogens with zero attached hydrogens (tertiary/aromatic N) is 3. The molecular weight excluding hydrogens is 536 g/mol. The van der Waals surface area contributed by atoms with Crippen molar-refractivity contribution < 1.29 is 9.53 Å². The van der Waals surface area contributed by atoms with Crippen molar-refractivity contribution in [3.05, 3.63) is 78.1 Å². The minimum atomic E-state index is -0.0994. The van der Waals surface area contributed by atoms with Crippen LogP contribution in [-0.4, -0.2) is 65.2 Å². The molecule has 43 heavy (non-hydrogen) atoms. The molecule has 1 aliphatic rings. The summed E-state index contributed by atoms with van der Waals surface area (Å²) in [7, 11) is 1.46. The predicted molar refractivity (Wildman–Crippen MR) is 174 cm³/mol. The largest absolute Gasteiger partial charge is 0.469 e. The number of H-pyrrole nitrogens is 1. The molecule has 3 heterocycles. The molecule has 8 heteroatoms. The van der Waals surface area contributed by atoms with Gasteiger partial charge >= 0.3 is 5.97 Å². The Hall–Kier alpha value is -3.75. The van der Waals surface area contributed by atoms with E-state index in [1.54, 1.807) is 6.33 Å². The second-order valence-corrected chi connectivity index (χ2v) is 11.6. The Balaban J connectivity index is 1.17. The van der Waals surface area contributed by atoms with Crippen LogP contribution in [0.1, 0.15) is 62.5 Å². The number of methoxy groups -OCH3 is 1. The number of ether oxygens (including phenoxy) is 1. The average molecular weight is 583 g/mol. The molecule has 1 aliphatic heterocycles. The third kappa shape index (κ3) is 9.12. The van der Waals surface area contributed by atoms with Crippen molar-refractivity contribution in [2.45, 2.75) is 70.4 Å². The van der Waals surface area contributed by atoms with Gasteiger partial charge in [-0.05, 0) is 74.5 Å². The van der Waals surface area contributed by atoms with Gasteiger partial charge in [0, 0.05) is 31.2 Å². The normalized spacial score (nSPS) is 13.9. The summed E-state index contributed by atoms with van der Waals surface area (Å²) in [5.74, 6) is 0.763. The zero-order valence-electron chi connectivity index (χ0n) is 25.5. The number of nitrogens with one attached hydrogen (secondary N) is 3. The van der Waals surface area contributed by atoms with Crippen LogP contribution in [0.3, 0.4) is 0 Å². The minimum absolute atomic E-state index is 0.0994. The van der Waals surface area contributed by atoms with Crippen molar-refractivity contribution in [1.29, 1.82) is 0 Å². The van der Waals surface area contributed by atoms with E-state index in [4.69, 9.17) is 4.74 Å². The van der Waals surface area contributed by atoms with Crippen molar-refractivity contribution in [2.24, 2.45) is 0 Å². The Morgan fingerprint density at radius 1 is 0.953 bits per heavy atom.